The van der Waals surface area contributed by atoms with Gasteiger partial charge >= 0.3 is 0 Å². The van der Waals surface area contributed by atoms with Crippen LogP contribution in [-0.2, 0) is 16.4 Å². The first kappa shape index (κ1) is 15.0. The Morgan fingerprint density at radius 3 is 2.50 bits per heavy atom. The Kier molecular flexibility index (Phi) is 3.66. The molecule has 5 nitrogen and oxygen atoms in total. The third-order valence-electron chi connectivity index (χ3n) is 3.65. The quantitative estimate of drug-likeness (QED) is 0.689. The number of nitrogens with zero attached hydrogens (tertiary/aromatic N) is 3. The molecule has 0 saturated carbocycles. The molecule has 3 rings (SSSR count). The third kappa shape index (κ3) is 2.10. The van der Waals surface area contributed by atoms with E-state index in [1.165, 1.54) is 10.3 Å². The lowest BCUT2D eigenvalue weighted by molar-refractivity contribution is 0.587. The summed E-state index contributed by atoms with van der Waals surface area (Å²) >= 11 is 6.16. The van der Waals surface area contributed by atoms with Crippen LogP contribution in [0, 0.1) is 6.92 Å². The fourth-order valence-electron chi connectivity index (χ4n) is 2.66. The summed E-state index contributed by atoms with van der Waals surface area (Å²) in [5.74, 6) is 0. The van der Waals surface area contributed by atoms with Crippen LogP contribution in [0.15, 0.2) is 41.6 Å². The number of aromatic nitrogens is 3. The topological polar surface area (TPSA) is 64.8 Å². The van der Waals surface area contributed by atoms with Crippen molar-refractivity contribution in [2.45, 2.75) is 25.2 Å². The number of aryl methyl sites for hydroxylation is 1. The van der Waals surface area contributed by atoms with E-state index in [0.717, 1.165) is 5.56 Å². The fourth-order valence-corrected chi connectivity index (χ4v) is 4.45. The molecule has 0 fully saturated rings. The number of hydrogen-bond acceptors (Lipinski definition) is 4. The Hall–Kier alpha value is -1.92. The predicted molar refractivity (Wildman–Crippen MR) is 85.7 cm³/mol. The lowest BCUT2D eigenvalue weighted by atomic mass is 10.1. The molecule has 3 aromatic rings. The molecule has 7 heteroatoms. The maximum Gasteiger partial charge on any atom is 0.269 e. The van der Waals surface area contributed by atoms with E-state index in [9.17, 15) is 8.42 Å². The van der Waals surface area contributed by atoms with Gasteiger partial charge in [-0.05, 0) is 31.0 Å². The molecule has 0 N–H and O–H groups in total. The van der Waals surface area contributed by atoms with E-state index in [-0.39, 0.29) is 10.0 Å². The Morgan fingerprint density at radius 1 is 1.18 bits per heavy atom. The van der Waals surface area contributed by atoms with Crippen LogP contribution in [0.25, 0.3) is 11.0 Å². The summed E-state index contributed by atoms with van der Waals surface area (Å²) < 4.78 is 27.2. The van der Waals surface area contributed by atoms with Gasteiger partial charge < -0.3 is 0 Å². The van der Waals surface area contributed by atoms with Crippen molar-refractivity contribution in [3.05, 3.63) is 53.1 Å². The SMILES string of the molecule is CCc1c(C)n(S(=O)(=O)c2ccccc2)c2ncnc(Cl)c12. The maximum absolute atomic E-state index is 13.0. The largest absolute Gasteiger partial charge is 0.269 e. The number of fused-ring (bicyclic) bond motifs is 1. The second-order valence-electron chi connectivity index (χ2n) is 4.86. The van der Waals surface area contributed by atoms with Gasteiger partial charge in [-0.25, -0.2) is 22.4 Å². The van der Waals surface area contributed by atoms with E-state index in [0.29, 0.717) is 23.1 Å². The molecular weight excluding hydrogens is 322 g/mol. The number of hydrogen-bond donors (Lipinski definition) is 0. The molecule has 22 heavy (non-hydrogen) atoms. The molecule has 0 spiro atoms. The Bertz CT molecular complexity index is 950. The highest BCUT2D eigenvalue weighted by atomic mass is 35.5. The summed E-state index contributed by atoms with van der Waals surface area (Å²) in [6.07, 6.45) is 1.92. The van der Waals surface area contributed by atoms with Gasteiger partial charge in [0.05, 0.1) is 10.3 Å². The van der Waals surface area contributed by atoms with Crippen LogP contribution in [0.2, 0.25) is 5.15 Å². The van der Waals surface area contributed by atoms with Gasteiger partial charge in [-0.2, -0.15) is 0 Å². The third-order valence-corrected chi connectivity index (χ3v) is 5.73. The van der Waals surface area contributed by atoms with Gasteiger partial charge in [-0.3, -0.25) is 0 Å². The summed E-state index contributed by atoms with van der Waals surface area (Å²) in [6, 6.07) is 8.29. The molecule has 1 aromatic carbocycles. The van der Waals surface area contributed by atoms with Gasteiger partial charge in [-0.1, -0.05) is 36.7 Å². The van der Waals surface area contributed by atoms with Crippen LogP contribution >= 0.6 is 11.6 Å². The first-order valence-corrected chi connectivity index (χ1v) is 8.61. The van der Waals surface area contributed by atoms with Crippen molar-refractivity contribution >= 4 is 32.7 Å². The minimum atomic E-state index is -3.73. The van der Waals surface area contributed by atoms with Gasteiger partial charge in [0.15, 0.2) is 5.65 Å². The zero-order chi connectivity index (χ0) is 15.9. The van der Waals surface area contributed by atoms with Gasteiger partial charge in [0, 0.05) is 5.69 Å². The van der Waals surface area contributed by atoms with Crippen LogP contribution < -0.4 is 0 Å². The van der Waals surface area contributed by atoms with Crippen LogP contribution in [0.5, 0.6) is 0 Å². The summed E-state index contributed by atoms with van der Waals surface area (Å²) in [4.78, 5) is 8.34. The Balaban J connectivity index is 2.42. The van der Waals surface area contributed by atoms with Crippen molar-refractivity contribution in [3.63, 3.8) is 0 Å². The van der Waals surface area contributed by atoms with E-state index < -0.39 is 10.0 Å². The molecule has 114 valence electrons. The monoisotopic (exact) mass is 335 g/mol. The van der Waals surface area contributed by atoms with Crippen molar-refractivity contribution < 1.29 is 8.42 Å². The summed E-state index contributed by atoms with van der Waals surface area (Å²) in [5, 5.41) is 0.871. The second kappa shape index (κ2) is 5.37. The molecule has 0 aliphatic heterocycles. The minimum Gasteiger partial charge on any atom is -0.224 e. The van der Waals surface area contributed by atoms with Crippen molar-refractivity contribution in [2.75, 3.05) is 0 Å². The summed E-state index contributed by atoms with van der Waals surface area (Å²) in [7, 11) is -3.73. The van der Waals surface area contributed by atoms with Crippen molar-refractivity contribution in [1.29, 1.82) is 0 Å². The van der Waals surface area contributed by atoms with Gasteiger partial charge in [0.2, 0.25) is 0 Å². The van der Waals surface area contributed by atoms with E-state index in [2.05, 4.69) is 9.97 Å². The fraction of sp³-hybridized carbons (Fsp3) is 0.200. The van der Waals surface area contributed by atoms with Gasteiger partial charge in [0.25, 0.3) is 10.0 Å². The van der Waals surface area contributed by atoms with Gasteiger partial charge in [0.1, 0.15) is 11.5 Å². The molecule has 0 bridgehead atoms. The molecule has 0 aliphatic rings. The molecule has 2 heterocycles. The van der Waals surface area contributed by atoms with Crippen molar-refractivity contribution in [1.82, 2.24) is 13.9 Å². The van der Waals surface area contributed by atoms with Crippen LogP contribution in [0.4, 0.5) is 0 Å². The van der Waals surface area contributed by atoms with E-state index >= 15 is 0 Å². The lowest BCUT2D eigenvalue weighted by Crippen LogP contribution is -2.15. The number of benzene rings is 1. The average molecular weight is 336 g/mol. The van der Waals surface area contributed by atoms with Crippen LogP contribution in [-0.4, -0.2) is 22.4 Å². The highest BCUT2D eigenvalue weighted by molar-refractivity contribution is 7.90. The minimum absolute atomic E-state index is 0.215. The highest BCUT2D eigenvalue weighted by Gasteiger charge is 2.26. The normalized spacial score (nSPS) is 12.0. The van der Waals surface area contributed by atoms with E-state index in [1.807, 2.05) is 6.92 Å². The lowest BCUT2D eigenvalue weighted by Gasteiger charge is -2.09. The van der Waals surface area contributed by atoms with Crippen molar-refractivity contribution in [3.8, 4) is 0 Å². The molecule has 0 aliphatic carbocycles. The second-order valence-corrected chi connectivity index (χ2v) is 7.01. The number of rotatable bonds is 3. The zero-order valence-electron chi connectivity index (χ0n) is 12.1. The highest BCUT2D eigenvalue weighted by Crippen LogP contribution is 2.32. The van der Waals surface area contributed by atoms with Crippen LogP contribution in [0.1, 0.15) is 18.2 Å². The molecule has 0 radical (unpaired) electrons. The zero-order valence-corrected chi connectivity index (χ0v) is 13.7. The Morgan fingerprint density at radius 2 is 1.86 bits per heavy atom. The standard InChI is InChI=1S/C15H14ClN3O2S/c1-3-12-10(2)19(15-13(12)14(16)17-9-18-15)22(20,21)11-7-5-4-6-8-11/h4-9H,3H2,1-2H3. The molecule has 0 unspecified atom stereocenters. The molecule has 0 saturated heterocycles. The maximum atomic E-state index is 13.0. The average Bonchev–Trinajstić information content (AvgIpc) is 2.81. The number of halogens is 1. The van der Waals surface area contributed by atoms with Gasteiger partial charge in [-0.15, -0.1) is 0 Å². The van der Waals surface area contributed by atoms with Crippen molar-refractivity contribution in [2.24, 2.45) is 0 Å². The molecule has 0 atom stereocenters. The predicted octanol–water partition coefficient (Wildman–Crippen LogP) is 3.19. The smallest absolute Gasteiger partial charge is 0.224 e. The summed E-state index contributed by atoms with van der Waals surface area (Å²) in [6.45, 7) is 3.71. The van der Waals surface area contributed by atoms with Crippen LogP contribution in [0.3, 0.4) is 0 Å². The summed E-state index contributed by atoms with van der Waals surface area (Å²) in [5.41, 5.74) is 1.78. The Labute approximate surface area is 133 Å². The molecular formula is C15H14ClN3O2S. The van der Waals surface area contributed by atoms with E-state index in [1.54, 1.807) is 37.3 Å². The molecule has 2 aromatic heterocycles. The molecule has 0 amide bonds. The first-order valence-electron chi connectivity index (χ1n) is 6.79. The first-order chi connectivity index (χ1) is 10.5. The van der Waals surface area contributed by atoms with E-state index in [4.69, 9.17) is 11.6 Å².